The lowest BCUT2D eigenvalue weighted by Crippen LogP contribution is -2.00. The van der Waals surface area contributed by atoms with Crippen LogP contribution < -0.4 is 0 Å². The molecule has 3 heterocycles. The Morgan fingerprint density at radius 3 is 1.62 bits per heavy atom. The highest BCUT2D eigenvalue weighted by Crippen LogP contribution is 2.39. The van der Waals surface area contributed by atoms with Crippen molar-refractivity contribution in [2.24, 2.45) is 0 Å². The molecule has 0 aliphatic rings. The molecular formula is C51H31N3OS. The van der Waals surface area contributed by atoms with Gasteiger partial charge in [-0.25, -0.2) is 15.0 Å². The summed E-state index contributed by atoms with van der Waals surface area (Å²) < 4.78 is 8.88. The zero-order valence-corrected chi connectivity index (χ0v) is 30.9. The number of aromatic nitrogens is 3. The van der Waals surface area contributed by atoms with E-state index >= 15 is 0 Å². The summed E-state index contributed by atoms with van der Waals surface area (Å²) >= 11 is 1.85. The summed E-state index contributed by atoms with van der Waals surface area (Å²) in [5.74, 6) is 1.83. The third-order valence-electron chi connectivity index (χ3n) is 10.6. The zero-order valence-electron chi connectivity index (χ0n) is 30.1. The Hall–Kier alpha value is -7.21. The molecule has 0 radical (unpaired) electrons. The van der Waals surface area contributed by atoms with Crippen LogP contribution in [-0.4, -0.2) is 15.0 Å². The first-order chi connectivity index (χ1) is 27.7. The molecule has 8 aromatic carbocycles. The molecule has 0 saturated carbocycles. The number of benzene rings is 8. The predicted octanol–water partition coefficient (Wildman–Crippen LogP) is 14.1. The quantitative estimate of drug-likeness (QED) is 0.171. The SMILES string of the molecule is c1ccc(-c2nc(-c3cccc(-c4cccc(-c5ccc(-c6ccc7sc8ccccc8c7c6)cc5)c4)c3)nc(-c3cccc4oc5ccccc5c34)n2)cc1. The molecule has 0 unspecified atom stereocenters. The first-order valence-corrected chi connectivity index (χ1v) is 19.5. The van der Waals surface area contributed by atoms with Crippen molar-refractivity contribution in [1.82, 2.24) is 15.0 Å². The smallest absolute Gasteiger partial charge is 0.164 e. The summed E-state index contributed by atoms with van der Waals surface area (Å²) in [6, 6.07) is 65.9. The van der Waals surface area contributed by atoms with E-state index in [-0.39, 0.29) is 0 Å². The number of rotatable bonds is 6. The van der Waals surface area contributed by atoms with Crippen LogP contribution in [0, 0.1) is 0 Å². The van der Waals surface area contributed by atoms with Gasteiger partial charge in [-0.05, 0) is 75.8 Å². The second-order valence-electron chi connectivity index (χ2n) is 14.0. The first kappa shape index (κ1) is 32.2. The molecule has 0 spiro atoms. The molecule has 4 nitrogen and oxygen atoms in total. The highest BCUT2D eigenvalue weighted by atomic mass is 32.1. The fourth-order valence-electron chi connectivity index (χ4n) is 7.78. The lowest BCUT2D eigenvalue weighted by molar-refractivity contribution is 0.669. The molecule has 5 heteroatoms. The van der Waals surface area contributed by atoms with E-state index in [4.69, 9.17) is 19.4 Å². The molecular weight excluding hydrogens is 703 g/mol. The van der Waals surface area contributed by atoms with Crippen LogP contribution in [0.4, 0.5) is 0 Å². The monoisotopic (exact) mass is 733 g/mol. The normalized spacial score (nSPS) is 11.6. The lowest BCUT2D eigenvalue weighted by Gasteiger charge is -2.11. The number of fused-ring (bicyclic) bond motifs is 6. The second kappa shape index (κ2) is 13.3. The van der Waals surface area contributed by atoms with E-state index < -0.39 is 0 Å². The van der Waals surface area contributed by atoms with Crippen LogP contribution in [0.1, 0.15) is 0 Å². The minimum Gasteiger partial charge on any atom is -0.456 e. The molecule has 0 fully saturated rings. The molecule has 0 amide bonds. The van der Waals surface area contributed by atoms with E-state index in [0.717, 1.165) is 55.3 Å². The van der Waals surface area contributed by atoms with Gasteiger partial charge in [-0.15, -0.1) is 11.3 Å². The summed E-state index contributed by atoms with van der Waals surface area (Å²) in [5, 5.41) is 4.66. The van der Waals surface area contributed by atoms with Gasteiger partial charge in [0, 0.05) is 47.6 Å². The van der Waals surface area contributed by atoms with Gasteiger partial charge in [0.1, 0.15) is 11.2 Å². The summed E-state index contributed by atoms with van der Waals surface area (Å²) in [5.41, 5.74) is 11.4. The van der Waals surface area contributed by atoms with Crippen LogP contribution in [0.3, 0.4) is 0 Å². The van der Waals surface area contributed by atoms with E-state index in [1.54, 1.807) is 0 Å². The van der Waals surface area contributed by atoms with Gasteiger partial charge in [-0.1, -0.05) is 146 Å². The summed E-state index contributed by atoms with van der Waals surface area (Å²) in [7, 11) is 0. The maximum atomic E-state index is 6.23. The van der Waals surface area contributed by atoms with Gasteiger partial charge in [0.25, 0.3) is 0 Å². The largest absolute Gasteiger partial charge is 0.456 e. The average Bonchev–Trinajstić information content (AvgIpc) is 3.85. The summed E-state index contributed by atoms with van der Waals surface area (Å²) in [4.78, 5) is 15.2. The predicted molar refractivity (Wildman–Crippen MR) is 233 cm³/mol. The van der Waals surface area contributed by atoms with Crippen molar-refractivity contribution in [3.8, 4) is 67.5 Å². The molecule has 56 heavy (non-hydrogen) atoms. The summed E-state index contributed by atoms with van der Waals surface area (Å²) in [6.45, 7) is 0. The Labute approximate surface area is 327 Å². The fourth-order valence-corrected chi connectivity index (χ4v) is 8.87. The third-order valence-corrected chi connectivity index (χ3v) is 11.7. The van der Waals surface area contributed by atoms with Crippen molar-refractivity contribution in [2.75, 3.05) is 0 Å². The molecule has 0 aliphatic carbocycles. The van der Waals surface area contributed by atoms with Gasteiger partial charge in [-0.2, -0.15) is 0 Å². The molecule has 262 valence electrons. The second-order valence-corrected chi connectivity index (χ2v) is 15.1. The zero-order chi connectivity index (χ0) is 37.0. The molecule has 11 aromatic rings. The third kappa shape index (κ3) is 5.65. The standard InChI is InChI=1S/C51H31N3OS/c1-2-11-34(12-3-1)49-52-50(54-51(53-49)42-19-10-21-45-48(42)41-18-4-6-20-44(41)55-45)39-16-9-15-37(30-39)36-14-8-13-35(29-36)32-23-25-33(26-24-32)38-27-28-47-43(31-38)40-17-5-7-22-46(40)56-47/h1-31H. The van der Waals surface area contributed by atoms with Crippen molar-refractivity contribution in [2.45, 2.75) is 0 Å². The van der Waals surface area contributed by atoms with Gasteiger partial charge >= 0.3 is 0 Å². The first-order valence-electron chi connectivity index (χ1n) is 18.7. The Balaban J connectivity index is 0.955. The topological polar surface area (TPSA) is 51.8 Å². The van der Waals surface area contributed by atoms with Crippen LogP contribution in [0.2, 0.25) is 0 Å². The number of nitrogens with zero attached hydrogens (tertiary/aromatic N) is 3. The minimum atomic E-state index is 0.602. The minimum absolute atomic E-state index is 0.602. The Morgan fingerprint density at radius 2 is 0.839 bits per heavy atom. The van der Waals surface area contributed by atoms with Crippen LogP contribution in [-0.2, 0) is 0 Å². The van der Waals surface area contributed by atoms with Crippen molar-refractivity contribution in [3.05, 3.63) is 188 Å². The van der Waals surface area contributed by atoms with E-state index in [1.807, 2.05) is 72.0 Å². The summed E-state index contributed by atoms with van der Waals surface area (Å²) in [6.07, 6.45) is 0. The number of hydrogen-bond donors (Lipinski definition) is 0. The van der Waals surface area contributed by atoms with E-state index in [0.29, 0.717) is 17.5 Å². The van der Waals surface area contributed by atoms with Crippen LogP contribution in [0.15, 0.2) is 192 Å². The van der Waals surface area contributed by atoms with Crippen molar-refractivity contribution >= 4 is 53.4 Å². The van der Waals surface area contributed by atoms with E-state index in [1.165, 1.54) is 36.9 Å². The van der Waals surface area contributed by atoms with Crippen molar-refractivity contribution in [3.63, 3.8) is 0 Å². The molecule has 0 N–H and O–H groups in total. The molecule has 3 aromatic heterocycles. The Morgan fingerprint density at radius 1 is 0.321 bits per heavy atom. The fraction of sp³-hybridized carbons (Fsp3) is 0. The van der Waals surface area contributed by atoms with Gasteiger partial charge in [0.05, 0.1) is 0 Å². The van der Waals surface area contributed by atoms with Crippen LogP contribution in [0.25, 0.3) is 110 Å². The average molecular weight is 734 g/mol. The van der Waals surface area contributed by atoms with Gasteiger partial charge in [0.15, 0.2) is 17.5 Å². The number of furan rings is 1. The van der Waals surface area contributed by atoms with Crippen LogP contribution >= 0.6 is 11.3 Å². The van der Waals surface area contributed by atoms with Crippen molar-refractivity contribution < 1.29 is 4.42 Å². The van der Waals surface area contributed by atoms with E-state index in [9.17, 15) is 0 Å². The Kier molecular flexibility index (Phi) is 7.64. The maximum absolute atomic E-state index is 6.23. The number of thiophene rings is 1. The lowest BCUT2D eigenvalue weighted by atomic mass is 9.96. The molecule has 0 aliphatic heterocycles. The molecule has 0 atom stereocenters. The highest BCUT2D eigenvalue weighted by molar-refractivity contribution is 7.25. The highest BCUT2D eigenvalue weighted by Gasteiger charge is 2.18. The number of para-hydroxylation sites is 1. The molecule has 11 rings (SSSR count). The maximum Gasteiger partial charge on any atom is 0.164 e. The van der Waals surface area contributed by atoms with Crippen molar-refractivity contribution in [1.29, 1.82) is 0 Å². The van der Waals surface area contributed by atoms with Crippen LogP contribution in [0.5, 0.6) is 0 Å². The van der Waals surface area contributed by atoms with Gasteiger partial charge in [-0.3, -0.25) is 0 Å². The Bertz CT molecular complexity index is 3250. The molecule has 0 saturated heterocycles. The van der Waals surface area contributed by atoms with Gasteiger partial charge < -0.3 is 4.42 Å². The molecule has 0 bridgehead atoms. The van der Waals surface area contributed by atoms with Gasteiger partial charge in [0.2, 0.25) is 0 Å². The van der Waals surface area contributed by atoms with E-state index in [2.05, 4.69) is 127 Å². The number of hydrogen-bond acceptors (Lipinski definition) is 5.